The maximum atomic E-state index is 10.8. The molecular formula is C5H11N5O. The maximum Gasteiger partial charge on any atom is 0.237 e. The second-order valence-electron chi connectivity index (χ2n) is 2.24. The van der Waals surface area contributed by atoms with E-state index in [0.29, 0.717) is 0 Å². The van der Waals surface area contributed by atoms with Crippen LogP contribution in [0.2, 0.25) is 0 Å². The molecule has 62 valence electrons. The van der Waals surface area contributed by atoms with Crippen molar-refractivity contribution in [3.63, 3.8) is 0 Å². The summed E-state index contributed by atoms with van der Waals surface area (Å²) < 4.78 is 0. The molecule has 2 unspecified atom stereocenters. The van der Waals surface area contributed by atoms with Crippen molar-refractivity contribution in [3.05, 3.63) is 10.4 Å². The monoisotopic (exact) mass is 157 g/mol. The van der Waals surface area contributed by atoms with Gasteiger partial charge in [0.05, 0.1) is 0 Å². The minimum absolute atomic E-state index is 0.329. The zero-order chi connectivity index (χ0) is 8.85. The van der Waals surface area contributed by atoms with Crippen molar-refractivity contribution in [1.82, 2.24) is 5.43 Å². The van der Waals surface area contributed by atoms with Gasteiger partial charge in [0.2, 0.25) is 5.91 Å². The predicted molar refractivity (Wildman–Crippen MR) is 40.1 cm³/mol. The number of nitrogens with zero attached hydrogens (tertiary/aromatic N) is 3. The number of hydrogen-bond acceptors (Lipinski definition) is 3. The first-order valence-electron chi connectivity index (χ1n) is 3.18. The standard InChI is InChI=1S/C5H11N5O/c1-3(5(11)8-6)4(2)9-10-7/h3-4H,6H2,1-2H3,(H,8,11). The van der Waals surface area contributed by atoms with Crippen LogP contribution in [0.4, 0.5) is 0 Å². The number of hydrazine groups is 1. The number of amides is 1. The van der Waals surface area contributed by atoms with Crippen LogP contribution in [-0.4, -0.2) is 11.9 Å². The van der Waals surface area contributed by atoms with Crippen molar-refractivity contribution in [2.45, 2.75) is 19.9 Å². The summed E-state index contributed by atoms with van der Waals surface area (Å²) in [5, 5.41) is 3.36. The normalized spacial score (nSPS) is 14.5. The molecule has 0 bridgehead atoms. The Balaban J connectivity index is 4.11. The highest BCUT2D eigenvalue weighted by atomic mass is 16.2. The van der Waals surface area contributed by atoms with E-state index in [1.165, 1.54) is 0 Å². The quantitative estimate of drug-likeness (QED) is 0.154. The Morgan fingerprint density at radius 1 is 1.73 bits per heavy atom. The van der Waals surface area contributed by atoms with Gasteiger partial charge in [-0.3, -0.25) is 10.2 Å². The molecule has 0 aliphatic rings. The molecule has 0 fully saturated rings. The van der Waals surface area contributed by atoms with Crippen LogP contribution in [0.15, 0.2) is 5.11 Å². The van der Waals surface area contributed by atoms with Gasteiger partial charge < -0.3 is 0 Å². The van der Waals surface area contributed by atoms with Gasteiger partial charge in [-0.1, -0.05) is 19.0 Å². The lowest BCUT2D eigenvalue weighted by Gasteiger charge is -2.11. The van der Waals surface area contributed by atoms with E-state index in [9.17, 15) is 4.79 Å². The number of carbonyl (C=O) groups is 1. The van der Waals surface area contributed by atoms with Gasteiger partial charge in [-0.05, 0) is 5.53 Å². The lowest BCUT2D eigenvalue weighted by Crippen LogP contribution is -2.38. The van der Waals surface area contributed by atoms with Gasteiger partial charge in [-0.15, -0.1) is 0 Å². The van der Waals surface area contributed by atoms with Crippen molar-refractivity contribution in [2.24, 2.45) is 16.9 Å². The maximum absolute atomic E-state index is 10.8. The van der Waals surface area contributed by atoms with E-state index < -0.39 is 5.92 Å². The molecule has 0 saturated carbocycles. The molecule has 1 amide bonds. The molecule has 3 N–H and O–H groups in total. The zero-order valence-electron chi connectivity index (χ0n) is 6.48. The van der Waals surface area contributed by atoms with Gasteiger partial charge >= 0.3 is 0 Å². The minimum Gasteiger partial charge on any atom is -0.294 e. The van der Waals surface area contributed by atoms with Crippen molar-refractivity contribution in [1.29, 1.82) is 0 Å². The zero-order valence-corrected chi connectivity index (χ0v) is 6.48. The topological polar surface area (TPSA) is 104 Å². The summed E-state index contributed by atoms with van der Waals surface area (Å²) >= 11 is 0. The van der Waals surface area contributed by atoms with E-state index in [1.807, 2.05) is 5.43 Å². The highest BCUT2D eigenvalue weighted by Gasteiger charge is 2.17. The molecule has 0 heterocycles. The van der Waals surface area contributed by atoms with Crippen LogP contribution < -0.4 is 11.3 Å². The molecule has 0 radical (unpaired) electrons. The molecule has 2 atom stereocenters. The van der Waals surface area contributed by atoms with E-state index in [0.717, 1.165) is 0 Å². The number of azide groups is 1. The Kier molecular flexibility index (Phi) is 4.02. The molecular weight excluding hydrogens is 146 g/mol. The predicted octanol–water partition coefficient (Wildman–Crippen LogP) is 0.311. The van der Waals surface area contributed by atoms with Gasteiger partial charge in [0, 0.05) is 16.9 Å². The van der Waals surface area contributed by atoms with E-state index >= 15 is 0 Å². The van der Waals surface area contributed by atoms with Gasteiger partial charge in [-0.25, -0.2) is 5.84 Å². The van der Waals surface area contributed by atoms with Gasteiger partial charge in [0.15, 0.2) is 0 Å². The first kappa shape index (κ1) is 9.74. The molecule has 0 rings (SSSR count). The molecule has 0 aromatic heterocycles. The van der Waals surface area contributed by atoms with E-state index in [-0.39, 0.29) is 11.9 Å². The van der Waals surface area contributed by atoms with Crippen LogP contribution in [0.5, 0.6) is 0 Å². The Morgan fingerprint density at radius 3 is 2.64 bits per heavy atom. The molecule has 0 aliphatic carbocycles. The SMILES string of the molecule is CC(N=[N+]=[N-])C(C)C(=O)NN. The van der Waals surface area contributed by atoms with Crippen LogP contribution in [-0.2, 0) is 4.79 Å². The minimum atomic E-state index is -0.393. The molecule has 11 heavy (non-hydrogen) atoms. The molecule has 6 heteroatoms. The third-order valence-electron chi connectivity index (χ3n) is 1.51. The van der Waals surface area contributed by atoms with Crippen molar-refractivity contribution >= 4 is 5.91 Å². The summed E-state index contributed by atoms with van der Waals surface area (Å²) in [5.74, 6) is 4.15. The highest BCUT2D eigenvalue weighted by Crippen LogP contribution is 2.05. The van der Waals surface area contributed by atoms with Gasteiger partial charge in [-0.2, -0.15) is 0 Å². The van der Waals surface area contributed by atoms with Gasteiger partial charge in [0.25, 0.3) is 0 Å². The Hall–Kier alpha value is -1.26. The van der Waals surface area contributed by atoms with E-state index in [1.54, 1.807) is 13.8 Å². The van der Waals surface area contributed by atoms with Crippen LogP contribution in [0.3, 0.4) is 0 Å². The van der Waals surface area contributed by atoms with Gasteiger partial charge in [0.1, 0.15) is 0 Å². The third kappa shape index (κ3) is 2.88. The summed E-state index contributed by atoms with van der Waals surface area (Å²) in [4.78, 5) is 13.4. The largest absolute Gasteiger partial charge is 0.294 e. The smallest absolute Gasteiger partial charge is 0.237 e. The number of nitrogens with one attached hydrogen (secondary N) is 1. The van der Waals surface area contributed by atoms with Crippen LogP contribution in [0.25, 0.3) is 10.4 Å². The summed E-state index contributed by atoms with van der Waals surface area (Å²) in [6.07, 6.45) is 0. The van der Waals surface area contributed by atoms with Crippen LogP contribution >= 0.6 is 0 Å². The summed E-state index contributed by atoms with van der Waals surface area (Å²) in [7, 11) is 0. The Labute approximate surface area is 64.4 Å². The fraction of sp³-hybridized carbons (Fsp3) is 0.800. The molecule has 0 aromatic carbocycles. The number of nitrogens with two attached hydrogens (primary N) is 1. The summed E-state index contributed by atoms with van der Waals surface area (Å²) in [6.45, 7) is 3.29. The first-order valence-corrected chi connectivity index (χ1v) is 3.18. The van der Waals surface area contributed by atoms with Crippen molar-refractivity contribution in [2.75, 3.05) is 0 Å². The average molecular weight is 157 g/mol. The average Bonchev–Trinajstić information content (AvgIpc) is 2.02. The van der Waals surface area contributed by atoms with Crippen LogP contribution in [0.1, 0.15) is 13.8 Å². The first-order chi connectivity index (χ1) is 5.13. The van der Waals surface area contributed by atoms with Crippen molar-refractivity contribution in [3.8, 4) is 0 Å². The number of rotatable bonds is 3. The second kappa shape index (κ2) is 4.54. The number of carbonyl (C=O) groups excluding carboxylic acids is 1. The van der Waals surface area contributed by atoms with E-state index in [4.69, 9.17) is 11.4 Å². The fourth-order valence-corrected chi connectivity index (χ4v) is 0.532. The Morgan fingerprint density at radius 2 is 2.27 bits per heavy atom. The molecule has 0 spiro atoms. The fourth-order valence-electron chi connectivity index (χ4n) is 0.532. The lowest BCUT2D eigenvalue weighted by molar-refractivity contribution is -0.124. The highest BCUT2D eigenvalue weighted by molar-refractivity contribution is 5.78. The molecule has 0 saturated heterocycles. The molecule has 6 nitrogen and oxygen atoms in total. The van der Waals surface area contributed by atoms with Crippen molar-refractivity contribution < 1.29 is 4.79 Å². The van der Waals surface area contributed by atoms with Crippen LogP contribution in [0, 0.1) is 5.92 Å². The second-order valence-corrected chi connectivity index (χ2v) is 2.24. The summed E-state index contributed by atoms with van der Waals surface area (Å²) in [5.41, 5.74) is 10.0. The molecule has 0 aromatic rings. The molecule has 0 aliphatic heterocycles. The summed E-state index contributed by atoms with van der Waals surface area (Å²) in [6, 6.07) is -0.372. The van der Waals surface area contributed by atoms with E-state index in [2.05, 4.69) is 10.0 Å². The lowest BCUT2D eigenvalue weighted by atomic mass is 10.0. The number of hydrogen-bond donors (Lipinski definition) is 2. The Bertz CT molecular complexity index is 185. The third-order valence-corrected chi connectivity index (χ3v) is 1.51.